The fraction of sp³-hybridized carbons (Fsp3) is 0.778. The Kier molecular flexibility index (Phi) is 5.16. The lowest BCUT2D eigenvalue weighted by Crippen LogP contribution is -2.19. The summed E-state index contributed by atoms with van der Waals surface area (Å²) >= 11 is 0. The van der Waals surface area contributed by atoms with Gasteiger partial charge in [0.15, 0.2) is 0 Å². The normalized spacial score (nSPS) is 12.7. The molecule has 0 bridgehead atoms. The summed E-state index contributed by atoms with van der Waals surface area (Å²) < 4.78 is 5.44. The average molecular weight is 158 g/mol. The molecule has 2 heteroatoms. The third-order valence-corrected chi connectivity index (χ3v) is 1.09. The van der Waals surface area contributed by atoms with E-state index in [1.54, 1.807) is 6.08 Å². The second-order valence-electron chi connectivity index (χ2n) is 3.40. The number of aliphatic hydroxyl groups excluding tert-OH is 1. The van der Waals surface area contributed by atoms with E-state index in [9.17, 15) is 0 Å². The van der Waals surface area contributed by atoms with Gasteiger partial charge in [-0.2, -0.15) is 0 Å². The van der Waals surface area contributed by atoms with Crippen molar-refractivity contribution in [2.24, 2.45) is 0 Å². The van der Waals surface area contributed by atoms with Crippen molar-refractivity contribution >= 4 is 0 Å². The maximum Gasteiger partial charge on any atom is 0.0612 e. The third kappa shape index (κ3) is 9.66. The van der Waals surface area contributed by atoms with Gasteiger partial charge >= 0.3 is 0 Å². The highest BCUT2D eigenvalue weighted by atomic mass is 16.5. The monoisotopic (exact) mass is 158 g/mol. The number of hydrogen-bond acceptors (Lipinski definition) is 2. The molecule has 0 aliphatic carbocycles. The molecule has 0 fully saturated rings. The molecule has 0 aromatic rings. The van der Waals surface area contributed by atoms with Crippen molar-refractivity contribution in [3.63, 3.8) is 0 Å². The predicted octanol–water partition coefficient (Wildman–Crippen LogP) is 1.74. The minimum atomic E-state index is -0.0486. The molecule has 0 aromatic heterocycles. The molecule has 0 radical (unpaired) electrons. The smallest absolute Gasteiger partial charge is 0.0612 e. The van der Waals surface area contributed by atoms with Crippen LogP contribution in [-0.4, -0.2) is 23.9 Å². The van der Waals surface area contributed by atoms with Crippen LogP contribution < -0.4 is 0 Å². The van der Waals surface area contributed by atoms with Gasteiger partial charge in [-0.25, -0.2) is 0 Å². The molecule has 0 heterocycles. The Morgan fingerprint density at radius 1 is 1.27 bits per heavy atom. The van der Waals surface area contributed by atoms with E-state index in [1.807, 2.05) is 26.8 Å². The van der Waals surface area contributed by atoms with E-state index >= 15 is 0 Å². The highest BCUT2D eigenvalue weighted by Crippen LogP contribution is 2.06. The van der Waals surface area contributed by atoms with Gasteiger partial charge in [0.25, 0.3) is 0 Å². The van der Waals surface area contributed by atoms with Crippen LogP contribution in [0.5, 0.6) is 0 Å². The summed E-state index contributed by atoms with van der Waals surface area (Å²) in [6, 6.07) is 0. The molecule has 0 rings (SSSR count). The first-order valence-electron chi connectivity index (χ1n) is 3.96. The lowest BCUT2D eigenvalue weighted by Gasteiger charge is -2.18. The van der Waals surface area contributed by atoms with E-state index in [-0.39, 0.29) is 12.2 Å². The van der Waals surface area contributed by atoms with Gasteiger partial charge in [0, 0.05) is 0 Å². The zero-order valence-corrected chi connectivity index (χ0v) is 7.63. The lowest BCUT2D eigenvalue weighted by atomic mass is 10.2. The van der Waals surface area contributed by atoms with Gasteiger partial charge in [0.2, 0.25) is 0 Å². The summed E-state index contributed by atoms with van der Waals surface area (Å²) in [7, 11) is 0. The molecular weight excluding hydrogens is 140 g/mol. The van der Waals surface area contributed by atoms with Crippen molar-refractivity contribution in [2.75, 3.05) is 13.2 Å². The molecule has 0 spiro atoms. The Labute approximate surface area is 68.9 Å². The van der Waals surface area contributed by atoms with Crippen molar-refractivity contribution in [3.05, 3.63) is 12.2 Å². The largest absolute Gasteiger partial charge is 0.392 e. The average Bonchev–Trinajstić information content (AvgIpc) is 1.85. The first kappa shape index (κ1) is 10.7. The summed E-state index contributed by atoms with van der Waals surface area (Å²) in [5.41, 5.74) is -0.0486. The van der Waals surface area contributed by atoms with Crippen LogP contribution in [-0.2, 0) is 4.74 Å². The predicted molar refractivity (Wildman–Crippen MR) is 46.5 cm³/mol. The zero-order chi connectivity index (χ0) is 8.74. The van der Waals surface area contributed by atoms with Crippen molar-refractivity contribution < 1.29 is 9.84 Å². The van der Waals surface area contributed by atoms with Crippen LogP contribution in [0.1, 0.15) is 27.2 Å². The quantitative estimate of drug-likeness (QED) is 0.499. The Hall–Kier alpha value is -0.340. The molecule has 0 unspecified atom stereocenters. The molecule has 0 aliphatic heterocycles. The molecular formula is C9H18O2. The summed E-state index contributed by atoms with van der Waals surface area (Å²) in [4.78, 5) is 0. The first-order valence-corrected chi connectivity index (χ1v) is 3.96. The molecule has 0 saturated carbocycles. The van der Waals surface area contributed by atoms with Crippen LogP contribution in [0.15, 0.2) is 12.2 Å². The Morgan fingerprint density at radius 3 is 2.36 bits per heavy atom. The van der Waals surface area contributed by atoms with Crippen LogP contribution in [0, 0.1) is 0 Å². The molecule has 0 aromatic carbocycles. The van der Waals surface area contributed by atoms with E-state index in [1.165, 1.54) is 0 Å². The van der Waals surface area contributed by atoms with Gasteiger partial charge in [-0.05, 0) is 27.2 Å². The number of aliphatic hydroxyl groups is 1. The summed E-state index contributed by atoms with van der Waals surface area (Å²) in [6.07, 6.45) is 4.52. The third-order valence-electron chi connectivity index (χ3n) is 1.09. The Balaban J connectivity index is 3.21. The maximum atomic E-state index is 8.40. The Morgan fingerprint density at radius 2 is 1.91 bits per heavy atom. The zero-order valence-electron chi connectivity index (χ0n) is 7.63. The molecule has 0 saturated heterocycles. The minimum absolute atomic E-state index is 0.0486. The SMILES string of the molecule is CC(C)(C)OCC/C=C/CO. The first-order chi connectivity index (χ1) is 5.06. The highest BCUT2D eigenvalue weighted by Gasteiger charge is 2.07. The Bertz CT molecular complexity index is 111. The number of ether oxygens (including phenoxy) is 1. The second-order valence-corrected chi connectivity index (χ2v) is 3.40. The van der Waals surface area contributed by atoms with Crippen LogP contribution >= 0.6 is 0 Å². The fourth-order valence-electron chi connectivity index (χ4n) is 0.626. The highest BCUT2D eigenvalue weighted by molar-refractivity contribution is 4.80. The minimum Gasteiger partial charge on any atom is -0.392 e. The van der Waals surface area contributed by atoms with Crippen molar-refractivity contribution in [1.82, 2.24) is 0 Å². The van der Waals surface area contributed by atoms with Crippen LogP contribution in [0.4, 0.5) is 0 Å². The molecule has 2 nitrogen and oxygen atoms in total. The van der Waals surface area contributed by atoms with Gasteiger partial charge in [0.1, 0.15) is 0 Å². The second kappa shape index (κ2) is 5.33. The number of rotatable bonds is 4. The topological polar surface area (TPSA) is 29.5 Å². The molecule has 0 atom stereocenters. The van der Waals surface area contributed by atoms with Crippen molar-refractivity contribution in [3.8, 4) is 0 Å². The summed E-state index contributed by atoms with van der Waals surface area (Å²) in [5.74, 6) is 0. The summed E-state index contributed by atoms with van der Waals surface area (Å²) in [6.45, 7) is 6.93. The van der Waals surface area contributed by atoms with E-state index in [4.69, 9.17) is 9.84 Å². The van der Waals surface area contributed by atoms with E-state index in [0.29, 0.717) is 0 Å². The van der Waals surface area contributed by atoms with Crippen LogP contribution in [0.25, 0.3) is 0 Å². The standard InChI is InChI=1S/C9H18O2/c1-9(2,3)11-8-6-4-5-7-10/h4-5,10H,6-8H2,1-3H3/b5-4+. The van der Waals surface area contributed by atoms with E-state index in [2.05, 4.69) is 0 Å². The lowest BCUT2D eigenvalue weighted by molar-refractivity contribution is -0.000133. The molecule has 0 amide bonds. The fourth-order valence-corrected chi connectivity index (χ4v) is 0.626. The van der Waals surface area contributed by atoms with Crippen LogP contribution in [0.3, 0.4) is 0 Å². The van der Waals surface area contributed by atoms with Crippen molar-refractivity contribution in [1.29, 1.82) is 0 Å². The van der Waals surface area contributed by atoms with Gasteiger partial charge in [-0.1, -0.05) is 12.2 Å². The van der Waals surface area contributed by atoms with Crippen molar-refractivity contribution in [2.45, 2.75) is 32.8 Å². The van der Waals surface area contributed by atoms with E-state index < -0.39 is 0 Å². The summed E-state index contributed by atoms with van der Waals surface area (Å²) in [5, 5.41) is 8.40. The van der Waals surface area contributed by atoms with Gasteiger partial charge in [-0.3, -0.25) is 0 Å². The molecule has 11 heavy (non-hydrogen) atoms. The number of hydrogen-bond donors (Lipinski definition) is 1. The molecule has 0 aliphatic rings. The molecule has 66 valence electrons. The van der Waals surface area contributed by atoms with Gasteiger partial charge in [-0.15, -0.1) is 0 Å². The van der Waals surface area contributed by atoms with Crippen LogP contribution in [0.2, 0.25) is 0 Å². The maximum absolute atomic E-state index is 8.40. The van der Waals surface area contributed by atoms with Gasteiger partial charge < -0.3 is 9.84 Å². The van der Waals surface area contributed by atoms with E-state index in [0.717, 1.165) is 13.0 Å². The van der Waals surface area contributed by atoms with Gasteiger partial charge in [0.05, 0.1) is 18.8 Å². The molecule has 1 N–H and O–H groups in total.